The number of benzene rings is 1. The molecule has 1 amide bonds. The van der Waals surface area contributed by atoms with Crippen LogP contribution in [0, 0.1) is 0 Å². The summed E-state index contributed by atoms with van der Waals surface area (Å²) >= 11 is 0. The van der Waals surface area contributed by atoms with Gasteiger partial charge < -0.3 is 15.3 Å². The van der Waals surface area contributed by atoms with Gasteiger partial charge in [-0.2, -0.15) is 0 Å². The number of carbonyl (C=O) groups is 1. The maximum Gasteiger partial charge on any atom is 0.237 e. The number of amides is 1. The molecule has 0 radical (unpaired) electrons. The lowest BCUT2D eigenvalue weighted by atomic mass is 10.0. The van der Waals surface area contributed by atoms with Crippen LogP contribution in [-0.2, 0) is 4.79 Å². The molecule has 1 aliphatic rings. The molecule has 5 heteroatoms. The van der Waals surface area contributed by atoms with E-state index in [1.807, 2.05) is 44.2 Å². The Labute approximate surface area is 139 Å². The smallest absolute Gasteiger partial charge is 0.237 e. The second kappa shape index (κ2) is 8.43. The zero-order valence-electron chi connectivity index (χ0n) is 14.4. The van der Waals surface area contributed by atoms with Gasteiger partial charge in [-0.05, 0) is 32.9 Å². The number of likely N-dealkylation sites (N-methyl/N-ethyl adjacent to an activating group) is 1. The lowest BCUT2D eigenvalue weighted by Gasteiger charge is -2.36. The Kier molecular flexibility index (Phi) is 6.57. The number of hydrogen-bond acceptors (Lipinski definition) is 4. The summed E-state index contributed by atoms with van der Waals surface area (Å²) in [7, 11) is 2.11. The van der Waals surface area contributed by atoms with Gasteiger partial charge >= 0.3 is 0 Å². The van der Waals surface area contributed by atoms with Crippen molar-refractivity contribution in [1.82, 2.24) is 15.1 Å². The van der Waals surface area contributed by atoms with E-state index >= 15 is 0 Å². The van der Waals surface area contributed by atoms with Gasteiger partial charge in [-0.15, -0.1) is 0 Å². The zero-order chi connectivity index (χ0) is 16.8. The van der Waals surface area contributed by atoms with E-state index in [4.69, 9.17) is 0 Å². The highest BCUT2D eigenvalue weighted by Gasteiger charge is 2.25. The van der Waals surface area contributed by atoms with Gasteiger partial charge in [0, 0.05) is 32.2 Å². The van der Waals surface area contributed by atoms with Crippen molar-refractivity contribution in [2.75, 3.05) is 33.2 Å². The molecule has 0 saturated carbocycles. The standard InChI is InChI=1S/C18H29N3O2/c1-14(13-17(22)16-7-5-4-6-8-16)19-18(23)15(2)21-11-9-20(3)10-12-21/h4-8,14-15,17,22H,9-13H2,1-3H3,(H,19,23). The van der Waals surface area contributed by atoms with Gasteiger partial charge in [-0.25, -0.2) is 0 Å². The average molecular weight is 319 g/mol. The normalized spacial score (nSPS) is 20.7. The van der Waals surface area contributed by atoms with Crippen LogP contribution in [0.4, 0.5) is 0 Å². The number of nitrogens with one attached hydrogen (secondary N) is 1. The van der Waals surface area contributed by atoms with Gasteiger partial charge in [0.05, 0.1) is 12.1 Å². The van der Waals surface area contributed by atoms with E-state index in [-0.39, 0.29) is 18.0 Å². The Morgan fingerprint density at radius 1 is 1.17 bits per heavy atom. The first-order valence-electron chi connectivity index (χ1n) is 8.43. The lowest BCUT2D eigenvalue weighted by Crippen LogP contribution is -2.54. The Balaban J connectivity index is 1.80. The summed E-state index contributed by atoms with van der Waals surface area (Å²) in [6.07, 6.45) is -0.0315. The van der Waals surface area contributed by atoms with Crippen LogP contribution in [0.1, 0.15) is 31.9 Å². The van der Waals surface area contributed by atoms with E-state index in [2.05, 4.69) is 22.2 Å². The monoisotopic (exact) mass is 319 g/mol. The molecule has 128 valence electrons. The van der Waals surface area contributed by atoms with Crippen LogP contribution in [0.15, 0.2) is 30.3 Å². The van der Waals surface area contributed by atoms with Crippen LogP contribution < -0.4 is 5.32 Å². The molecular weight excluding hydrogens is 290 g/mol. The van der Waals surface area contributed by atoms with Crippen molar-refractivity contribution < 1.29 is 9.90 Å². The predicted molar refractivity (Wildman–Crippen MR) is 92.2 cm³/mol. The minimum atomic E-state index is -0.551. The van der Waals surface area contributed by atoms with Gasteiger partial charge in [0.1, 0.15) is 0 Å². The number of nitrogens with zero attached hydrogens (tertiary/aromatic N) is 2. The molecule has 1 aromatic rings. The summed E-state index contributed by atoms with van der Waals surface area (Å²) in [4.78, 5) is 16.9. The minimum Gasteiger partial charge on any atom is -0.388 e. The minimum absolute atomic E-state index is 0.0438. The molecular formula is C18H29N3O2. The van der Waals surface area contributed by atoms with Crippen LogP contribution in [0.5, 0.6) is 0 Å². The summed E-state index contributed by atoms with van der Waals surface area (Å²) in [6.45, 7) is 7.75. The number of hydrogen-bond donors (Lipinski definition) is 2. The number of rotatable bonds is 6. The first-order valence-corrected chi connectivity index (χ1v) is 8.43. The van der Waals surface area contributed by atoms with Crippen molar-refractivity contribution in [2.24, 2.45) is 0 Å². The maximum absolute atomic E-state index is 12.4. The quantitative estimate of drug-likeness (QED) is 0.829. The Hall–Kier alpha value is -1.43. The second-order valence-corrected chi connectivity index (χ2v) is 6.59. The number of aliphatic hydroxyl groups excluding tert-OH is 1. The molecule has 1 fully saturated rings. The first-order chi connectivity index (χ1) is 11.0. The maximum atomic E-state index is 12.4. The van der Waals surface area contributed by atoms with Crippen molar-refractivity contribution in [3.63, 3.8) is 0 Å². The van der Waals surface area contributed by atoms with Crippen molar-refractivity contribution in [1.29, 1.82) is 0 Å². The van der Waals surface area contributed by atoms with E-state index in [9.17, 15) is 9.90 Å². The van der Waals surface area contributed by atoms with Crippen LogP contribution >= 0.6 is 0 Å². The van der Waals surface area contributed by atoms with Gasteiger partial charge in [0.15, 0.2) is 0 Å². The van der Waals surface area contributed by atoms with Crippen molar-refractivity contribution in [2.45, 2.75) is 38.5 Å². The van der Waals surface area contributed by atoms with Gasteiger partial charge in [0.25, 0.3) is 0 Å². The molecule has 3 unspecified atom stereocenters. The number of piperazine rings is 1. The molecule has 1 aromatic carbocycles. The molecule has 1 aliphatic heterocycles. The third-order valence-electron chi connectivity index (χ3n) is 4.61. The third-order valence-corrected chi connectivity index (χ3v) is 4.61. The highest BCUT2D eigenvalue weighted by atomic mass is 16.3. The van der Waals surface area contributed by atoms with Crippen LogP contribution in [0.25, 0.3) is 0 Å². The molecule has 2 N–H and O–H groups in total. The SMILES string of the molecule is CC(CC(O)c1ccccc1)NC(=O)C(C)N1CCN(C)CC1. The fraction of sp³-hybridized carbons (Fsp3) is 0.611. The van der Waals surface area contributed by atoms with E-state index in [1.165, 1.54) is 0 Å². The lowest BCUT2D eigenvalue weighted by molar-refractivity contribution is -0.127. The summed E-state index contributed by atoms with van der Waals surface area (Å²) in [5.74, 6) is 0.0438. The molecule has 5 nitrogen and oxygen atoms in total. The molecule has 3 atom stereocenters. The first kappa shape index (κ1) is 17.9. The molecule has 1 heterocycles. The fourth-order valence-electron chi connectivity index (χ4n) is 2.94. The molecule has 0 spiro atoms. The topological polar surface area (TPSA) is 55.8 Å². The second-order valence-electron chi connectivity index (χ2n) is 6.59. The fourth-order valence-corrected chi connectivity index (χ4v) is 2.94. The Morgan fingerprint density at radius 3 is 2.39 bits per heavy atom. The van der Waals surface area contributed by atoms with E-state index in [1.54, 1.807) is 0 Å². The van der Waals surface area contributed by atoms with Gasteiger partial charge in [0.2, 0.25) is 5.91 Å². The van der Waals surface area contributed by atoms with Gasteiger partial charge in [-0.3, -0.25) is 9.69 Å². The summed E-state index contributed by atoms with van der Waals surface area (Å²) < 4.78 is 0. The highest BCUT2D eigenvalue weighted by molar-refractivity contribution is 5.81. The molecule has 0 aliphatic carbocycles. The van der Waals surface area contributed by atoms with Gasteiger partial charge in [-0.1, -0.05) is 30.3 Å². The Morgan fingerprint density at radius 2 is 1.78 bits per heavy atom. The van der Waals surface area contributed by atoms with Crippen molar-refractivity contribution >= 4 is 5.91 Å². The molecule has 0 bridgehead atoms. The molecule has 1 saturated heterocycles. The highest BCUT2D eigenvalue weighted by Crippen LogP contribution is 2.17. The van der Waals surface area contributed by atoms with E-state index in [0.717, 1.165) is 31.7 Å². The molecule has 23 heavy (non-hydrogen) atoms. The van der Waals surface area contributed by atoms with Crippen molar-refractivity contribution in [3.05, 3.63) is 35.9 Å². The average Bonchev–Trinajstić information content (AvgIpc) is 2.55. The predicted octanol–water partition coefficient (Wildman–Crippen LogP) is 1.25. The Bertz CT molecular complexity index is 486. The third kappa shape index (κ3) is 5.30. The zero-order valence-corrected chi connectivity index (χ0v) is 14.4. The van der Waals surface area contributed by atoms with Crippen LogP contribution in [0.2, 0.25) is 0 Å². The van der Waals surface area contributed by atoms with Crippen molar-refractivity contribution in [3.8, 4) is 0 Å². The summed E-state index contributed by atoms with van der Waals surface area (Å²) in [5, 5.41) is 13.3. The number of aliphatic hydroxyl groups is 1. The van der Waals surface area contributed by atoms with Crippen LogP contribution in [-0.4, -0.2) is 66.1 Å². The largest absolute Gasteiger partial charge is 0.388 e. The van der Waals surface area contributed by atoms with Crippen LogP contribution in [0.3, 0.4) is 0 Å². The van der Waals surface area contributed by atoms with E-state index < -0.39 is 6.10 Å². The summed E-state index contributed by atoms with van der Waals surface area (Å²) in [6, 6.07) is 9.39. The van der Waals surface area contributed by atoms with E-state index in [0.29, 0.717) is 6.42 Å². The summed E-state index contributed by atoms with van der Waals surface area (Å²) in [5.41, 5.74) is 0.890. The number of carbonyl (C=O) groups excluding carboxylic acids is 1. The molecule has 2 rings (SSSR count). The molecule has 0 aromatic heterocycles.